The van der Waals surface area contributed by atoms with Crippen molar-refractivity contribution in [3.8, 4) is 0 Å². The van der Waals surface area contributed by atoms with Crippen LogP contribution >= 0.6 is 0 Å². The Labute approximate surface area is 711 Å². The van der Waals surface area contributed by atoms with E-state index in [0.29, 0.717) is 6.42 Å². The summed E-state index contributed by atoms with van der Waals surface area (Å²) in [7, 11) is 0. The first-order valence-electron chi connectivity index (χ1n) is 2.69. The first-order chi connectivity index (χ1) is 3.68. The first kappa shape index (κ1) is 161. The molecule has 0 aliphatic rings. The predicted molar refractivity (Wildman–Crippen MR) is 38.1 cm³/mol. The molecule has 23 heteroatoms. The van der Waals surface area contributed by atoms with Crippen LogP contribution in [0.4, 0.5) is 0 Å². The van der Waals surface area contributed by atoms with Crippen molar-refractivity contribution in [1.29, 1.82) is 0 Å². The zero-order valence-electron chi connectivity index (χ0n) is 17.5. The van der Waals surface area contributed by atoms with E-state index in [1.807, 2.05) is 6.92 Å². The van der Waals surface area contributed by atoms with Gasteiger partial charge in [-0.3, -0.25) is 0 Å². The van der Waals surface area contributed by atoms with Crippen LogP contribution in [0.25, 0.3) is 11.5 Å². The molecule has 21 radical (unpaired) electrons. The Kier molecular flexibility index (Phi) is 900. The molecule has 0 aromatic rings. The number of hydrogen-bond acceptors (Lipinski definition) is 0. The van der Waals surface area contributed by atoms with E-state index in [2.05, 4.69) is 13.8 Å². The summed E-state index contributed by atoms with van der Waals surface area (Å²) < 4.78 is 0. The second-order valence-electron chi connectivity index (χ2n) is 1.31. The van der Waals surface area contributed by atoms with Crippen LogP contribution in [0.1, 0.15) is 19.8 Å². The zero-order valence-corrected chi connectivity index (χ0v) is 77.1. The van der Waals surface area contributed by atoms with Gasteiger partial charge >= 0.3 is 0 Å². The standard InChI is InChI=1S/C3H8N2.C3H6.21Y/c1-2-3(4)5;1-3-2;;;;;;;;;;;;;;;;;;;;;/h3-5H,2H2,1H3;1-3H2;;;;;;;;;;;;;;;;;;;;;/q2*-2;;;;;;;;;;;;;;;;;;;;;. The molecule has 0 rings (SSSR count). The van der Waals surface area contributed by atoms with Crippen molar-refractivity contribution >= 4 is 0 Å². The van der Waals surface area contributed by atoms with Crippen LogP contribution in [0.5, 0.6) is 0 Å². The van der Waals surface area contributed by atoms with Gasteiger partial charge in [0.05, 0.1) is 0 Å². The molecule has 0 aromatic heterocycles. The summed E-state index contributed by atoms with van der Waals surface area (Å²) in [5, 5.41) is 0. The van der Waals surface area contributed by atoms with Crippen LogP contribution in [-0.4, -0.2) is 6.17 Å². The molecular formula is C6H14N2Y21-4. The largest absolute Gasteiger partial charge is 0.693 e. The normalized spacial score (nSPS) is 2.28. The van der Waals surface area contributed by atoms with Crippen molar-refractivity contribution < 1.29 is 687 Å². The van der Waals surface area contributed by atoms with Crippen LogP contribution in [0.3, 0.4) is 0 Å². The summed E-state index contributed by atoms with van der Waals surface area (Å²) in [6, 6.07) is 0. The summed E-state index contributed by atoms with van der Waals surface area (Å²) in [5.41, 5.74) is 13.0. The van der Waals surface area contributed by atoms with E-state index in [4.69, 9.17) is 11.5 Å². The molecule has 0 aliphatic carbocycles. The topological polar surface area (TPSA) is 47.6 Å². The van der Waals surface area contributed by atoms with Gasteiger partial charge in [-0.1, -0.05) is 13.3 Å². The van der Waals surface area contributed by atoms with Gasteiger partial charge in [0.2, 0.25) is 0 Å². The quantitative estimate of drug-likeness (QED) is 0.364. The summed E-state index contributed by atoms with van der Waals surface area (Å²) in [4.78, 5) is 0. The van der Waals surface area contributed by atoms with Gasteiger partial charge in [-0.25, -0.2) is 6.17 Å². The zero-order chi connectivity index (χ0) is 6.99. The van der Waals surface area contributed by atoms with Crippen LogP contribution in [0.15, 0.2) is 0 Å². The maximum absolute atomic E-state index is 6.49. The molecule has 0 amide bonds. The molecule has 0 saturated carbocycles. The van der Waals surface area contributed by atoms with Crippen LogP contribution in [0, 0.1) is 13.8 Å². The van der Waals surface area contributed by atoms with E-state index in [1.165, 1.54) is 0 Å². The Hall–Kier alpha value is 23.1. The predicted octanol–water partition coefficient (Wildman–Crippen LogP) is 2.82. The number of nitrogens with one attached hydrogen (secondary N) is 2. The molecule has 0 spiro atoms. The molecule has 0 aliphatic heterocycles. The fraction of sp³-hybridized carbons (Fsp3) is 0.667. The van der Waals surface area contributed by atoms with E-state index in [-0.39, 0.29) is 687 Å². The third-order valence-corrected chi connectivity index (χ3v) is 0.408. The van der Waals surface area contributed by atoms with Gasteiger partial charge < -0.3 is 31.7 Å². The molecule has 0 unspecified atom stereocenters. The van der Waals surface area contributed by atoms with Crippen molar-refractivity contribution in [3.05, 3.63) is 25.3 Å². The van der Waals surface area contributed by atoms with Gasteiger partial charge in [0.15, 0.2) is 0 Å². The maximum atomic E-state index is 6.49. The molecule has 115 valence electrons. The average Bonchev–Trinajstić information content (AvgIpc) is 1.69. The summed E-state index contributed by atoms with van der Waals surface area (Å²) in [6.07, 6.45) is 0.773. The molecule has 0 fully saturated rings. The van der Waals surface area contributed by atoms with E-state index in [1.54, 1.807) is 0 Å². The van der Waals surface area contributed by atoms with Gasteiger partial charge in [-0.05, 0) is 0 Å². The third-order valence-electron chi connectivity index (χ3n) is 0.408. The minimum Gasteiger partial charge on any atom is -0.693 e. The van der Waals surface area contributed by atoms with Crippen molar-refractivity contribution in [1.82, 2.24) is 0 Å². The molecule has 0 bridgehead atoms. The molecule has 0 atom stereocenters. The molecule has 0 aromatic carbocycles. The molecule has 0 heterocycles. The molecule has 0 saturated heterocycles. The Morgan fingerprint density at radius 2 is 0.448 bits per heavy atom. The van der Waals surface area contributed by atoms with E-state index in [9.17, 15) is 0 Å². The second-order valence-corrected chi connectivity index (χ2v) is 1.31. The molecular weight excluding hydrogens is 1970 g/mol. The summed E-state index contributed by atoms with van der Waals surface area (Å²) in [6.45, 7) is 8.57. The van der Waals surface area contributed by atoms with Crippen molar-refractivity contribution in [2.75, 3.05) is 0 Å². The van der Waals surface area contributed by atoms with Gasteiger partial charge in [-0.15, -0.1) is 0 Å². The van der Waals surface area contributed by atoms with Crippen molar-refractivity contribution in [2.45, 2.75) is 25.9 Å². The minimum atomic E-state index is -0.616. The minimum absolute atomic E-state index is 0. The van der Waals surface area contributed by atoms with Crippen molar-refractivity contribution in [2.24, 2.45) is 0 Å². The Bertz CT molecular complexity index is 52.4. The van der Waals surface area contributed by atoms with Gasteiger partial charge in [0, 0.05) is 687 Å². The fourth-order valence-corrected chi connectivity index (χ4v) is 0. The van der Waals surface area contributed by atoms with Crippen LogP contribution < -0.4 is 0 Å². The van der Waals surface area contributed by atoms with Crippen LogP contribution in [-0.2, 0) is 687 Å². The Morgan fingerprint density at radius 3 is 0.448 bits per heavy atom. The van der Waals surface area contributed by atoms with E-state index < -0.39 is 6.17 Å². The summed E-state index contributed by atoms with van der Waals surface area (Å²) >= 11 is 0. The van der Waals surface area contributed by atoms with Gasteiger partial charge in [-0.2, -0.15) is 0 Å². The van der Waals surface area contributed by atoms with Crippen LogP contribution in [0.2, 0.25) is 0 Å². The molecule has 2 nitrogen and oxygen atoms in total. The van der Waals surface area contributed by atoms with E-state index >= 15 is 0 Å². The SMILES string of the molecule is CCC([NH-])[NH-].[CH2-]C[CH2-].[Y].[Y].[Y].[Y].[Y].[Y].[Y].[Y].[Y].[Y].[Y].[Y].[Y].[Y].[Y].[Y].[Y].[Y].[Y].[Y].[Y]. The molecule has 29 heavy (non-hydrogen) atoms. The summed E-state index contributed by atoms with van der Waals surface area (Å²) in [5.74, 6) is 0. The monoisotopic (exact) mass is 1980 g/mol. The smallest absolute Gasteiger partial charge is 0 e. The second kappa shape index (κ2) is 162. The van der Waals surface area contributed by atoms with Gasteiger partial charge in [0.1, 0.15) is 0 Å². The van der Waals surface area contributed by atoms with Gasteiger partial charge in [0.25, 0.3) is 0 Å². The first-order valence-corrected chi connectivity index (χ1v) is 2.69. The average molecular weight is 1980 g/mol. The number of rotatable bonds is 1. The Balaban J connectivity index is -0.000000000696. The number of hydrogen-bond donors (Lipinski definition) is 0. The van der Waals surface area contributed by atoms with Crippen molar-refractivity contribution in [3.63, 3.8) is 0 Å². The third kappa shape index (κ3) is 196. The van der Waals surface area contributed by atoms with E-state index in [0.717, 1.165) is 6.42 Å². The Morgan fingerprint density at radius 1 is 0.414 bits per heavy atom. The molecule has 2 N–H and O–H groups in total. The maximum Gasteiger partial charge on any atom is 0 e. The fourth-order valence-electron chi connectivity index (χ4n) is 0.